The number of thiazole rings is 1. The van der Waals surface area contributed by atoms with Gasteiger partial charge in [0.2, 0.25) is 5.95 Å². The predicted octanol–water partition coefficient (Wildman–Crippen LogP) is 3.27. The quantitative estimate of drug-likeness (QED) is 0.740. The second kappa shape index (κ2) is 5.28. The summed E-state index contributed by atoms with van der Waals surface area (Å²) in [6, 6.07) is 8.79. The van der Waals surface area contributed by atoms with Gasteiger partial charge in [-0.05, 0) is 38.8 Å². The summed E-state index contributed by atoms with van der Waals surface area (Å²) in [6.45, 7) is 4.68. The van der Waals surface area contributed by atoms with Crippen molar-refractivity contribution >= 4 is 27.5 Å². The highest BCUT2D eigenvalue weighted by atomic mass is 32.1. The van der Waals surface area contributed by atoms with E-state index in [1.54, 1.807) is 11.3 Å². The molecule has 2 heterocycles. The number of hydrogen-bond donors (Lipinski definition) is 0. The van der Waals surface area contributed by atoms with E-state index in [1.165, 1.54) is 17.5 Å². The van der Waals surface area contributed by atoms with Crippen molar-refractivity contribution in [1.82, 2.24) is 20.2 Å². The maximum absolute atomic E-state index is 4.73. The predicted molar refractivity (Wildman–Crippen MR) is 88.1 cm³/mol. The molecule has 0 unspecified atom stereocenters. The summed E-state index contributed by atoms with van der Waals surface area (Å²) in [5, 5.41) is 9.62. The van der Waals surface area contributed by atoms with Crippen LogP contribution < -0.4 is 4.90 Å². The molecule has 0 bridgehead atoms. The minimum atomic E-state index is 0.524. The fourth-order valence-electron chi connectivity index (χ4n) is 2.45. The number of aryl methyl sites for hydroxylation is 2. The number of anilines is 1. The molecule has 0 amide bonds. The number of para-hydroxylation sites is 1. The smallest absolute Gasteiger partial charge is 0.246 e. The Morgan fingerprint density at radius 2 is 1.91 bits per heavy atom. The van der Waals surface area contributed by atoms with Crippen LogP contribution in [-0.2, 0) is 6.54 Å². The summed E-state index contributed by atoms with van der Waals surface area (Å²) in [5.41, 5.74) is 2.90. The summed E-state index contributed by atoms with van der Waals surface area (Å²) in [7, 11) is 0. The molecule has 4 rings (SSSR count). The van der Waals surface area contributed by atoms with Gasteiger partial charge in [-0.25, -0.2) is 9.97 Å². The highest BCUT2D eigenvalue weighted by Crippen LogP contribution is 2.32. The third-order valence-corrected chi connectivity index (χ3v) is 4.99. The van der Waals surface area contributed by atoms with Crippen LogP contribution in [0.2, 0.25) is 0 Å². The van der Waals surface area contributed by atoms with E-state index >= 15 is 0 Å². The second-order valence-electron chi connectivity index (χ2n) is 5.72. The van der Waals surface area contributed by atoms with E-state index in [2.05, 4.69) is 38.3 Å². The Morgan fingerprint density at radius 1 is 1.09 bits per heavy atom. The van der Waals surface area contributed by atoms with Gasteiger partial charge in [0.25, 0.3) is 0 Å². The Bertz CT molecular complexity index is 791. The normalized spacial score (nSPS) is 14.5. The van der Waals surface area contributed by atoms with Crippen LogP contribution in [0.5, 0.6) is 0 Å². The lowest BCUT2D eigenvalue weighted by Gasteiger charge is -2.20. The van der Waals surface area contributed by atoms with Crippen molar-refractivity contribution in [3.05, 3.63) is 40.7 Å². The van der Waals surface area contributed by atoms with Gasteiger partial charge in [0, 0.05) is 6.04 Å². The molecule has 0 atom stereocenters. The molecule has 22 heavy (non-hydrogen) atoms. The van der Waals surface area contributed by atoms with Crippen molar-refractivity contribution in [2.75, 3.05) is 4.90 Å². The van der Waals surface area contributed by atoms with Crippen LogP contribution in [0.1, 0.15) is 29.2 Å². The number of nitrogens with zero attached hydrogens (tertiary/aromatic N) is 5. The van der Waals surface area contributed by atoms with Crippen molar-refractivity contribution in [3.63, 3.8) is 0 Å². The fourth-order valence-corrected chi connectivity index (χ4v) is 3.42. The Balaban J connectivity index is 1.66. The van der Waals surface area contributed by atoms with E-state index < -0.39 is 0 Å². The first-order chi connectivity index (χ1) is 10.7. The van der Waals surface area contributed by atoms with E-state index in [-0.39, 0.29) is 0 Å². The molecule has 6 heteroatoms. The average Bonchev–Trinajstić information content (AvgIpc) is 3.27. The van der Waals surface area contributed by atoms with Crippen LogP contribution in [0, 0.1) is 13.8 Å². The molecule has 1 aliphatic rings. The number of fused-ring (bicyclic) bond motifs is 1. The molecule has 1 aromatic carbocycles. The van der Waals surface area contributed by atoms with E-state index in [1.807, 2.05) is 19.9 Å². The minimum Gasteiger partial charge on any atom is -0.330 e. The van der Waals surface area contributed by atoms with E-state index in [0.29, 0.717) is 6.04 Å². The van der Waals surface area contributed by atoms with Crippen LogP contribution >= 0.6 is 11.3 Å². The topological polar surface area (TPSA) is 54.8 Å². The molecule has 1 fully saturated rings. The molecule has 0 saturated heterocycles. The summed E-state index contributed by atoms with van der Waals surface area (Å²) < 4.78 is 1.23. The zero-order chi connectivity index (χ0) is 15.1. The first-order valence-corrected chi connectivity index (χ1v) is 8.31. The largest absolute Gasteiger partial charge is 0.330 e. The van der Waals surface area contributed by atoms with Gasteiger partial charge in [-0.2, -0.15) is 5.10 Å². The van der Waals surface area contributed by atoms with Crippen LogP contribution in [-0.4, -0.2) is 26.2 Å². The fraction of sp³-hybridized carbons (Fsp3) is 0.375. The lowest BCUT2D eigenvalue weighted by Crippen LogP contribution is -2.27. The molecule has 0 N–H and O–H groups in total. The van der Waals surface area contributed by atoms with Crippen LogP contribution in [0.4, 0.5) is 5.95 Å². The summed E-state index contributed by atoms with van der Waals surface area (Å²) >= 11 is 1.74. The van der Waals surface area contributed by atoms with Crippen molar-refractivity contribution in [2.24, 2.45) is 0 Å². The molecular weight excluding hydrogens is 294 g/mol. The minimum absolute atomic E-state index is 0.524. The highest BCUT2D eigenvalue weighted by Gasteiger charge is 2.32. The van der Waals surface area contributed by atoms with Gasteiger partial charge in [-0.1, -0.05) is 12.1 Å². The van der Waals surface area contributed by atoms with E-state index in [0.717, 1.165) is 34.4 Å². The second-order valence-corrected chi connectivity index (χ2v) is 6.83. The Hall–Kier alpha value is -2.08. The summed E-state index contributed by atoms with van der Waals surface area (Å²) in [5.74, 6) is 0.727. The van der Waals surface area contributed by atoms with E-state index in [4.69, 9.17) is 4.98 Å². The lowest BCUT2D eigenvalue weighted by atomic mass is 10.3. The highest BCUT2D eigenvalue weighted by molar-refractivity contribution is 7.18. The molecule has 0 aliphatic heterocycles. The Labute approximate surface area is 133 Å². The Morgan fingerprint density at radius 3 is 2.64 bits per heavy atom. The van der Waals surface area contributed by atoms with Gasteiger partial charge in [0.05, 0.1) is 28.1 Å². The molecule has 0 spiro atoms. The summed E-state index contributed by atoms with van der Waals surface area (Å²) in [6.07, 6.45) is 2.39. The Kier molecular flexibility index (Phi) is 3.26. The molecule has 112 valence electrons. The molecule has 1 aliphatic carbocycles. The number of benzene rings is 1. The molecule has 2 aromatic heterocycles. The maximum Gasteiger partial charge on any atom is 0.246 e. The summed E-state index contributed by atoms with van der Waals surface area (Å²) in [4.78, 5) is 11.6. The lowest BCUT2D eigenvalue weighted by molar-refractivity contribution is 0.728. The first kappa shape index (κ1) is 13.6. The van der Waals surface area contributed by atoms with Crippen molar-refractivity contribution in [2.45, 2.75) is 39.3 Å². The van der Waals surface area contributed by atoms with Crippen LogP contribution in [0.25, 0.3) is 10.2 Å². The number of rotatable bonds is 4. The van der Waals surface area contributed by atoms with Gasteiger partial charge in [0.15, 0.2) is 0 Å². The first-order valence-electron chi connectivity index (χ1n) is 7.50. The third-order valence-electron chi connectivity index (χ3n) is 3.97. The van der Waals surface area contributed by atoms with Gasteiger partial charge in [0.1, 0.15) is 5.01 Å². The SMILES string of the molecule is Cc1nnc(N(Cc2nc3ccccc3s2)C2CC2)nc1C. The van der Waals surface area contributed by atoms with Gasteiger partial charge in [-0.15, -0.1) is 16.4 Å². The number of hydrogen-bond acceptors (Lipinski definition) is 6. The molecule has 1 saturated carbocycles. The molecule has 3 aromatic rings. The molecule has 0 radical (unpaired) electrons. The zero-order valence-corrected chi connectivity index (χ0v) is 13.5. The third kappa shape index (κ3) is 2.54. The van der Waals surface area contributed by atoms with Crippen molar-refractivity contribution in [3.8, 4) is 0 Å². The van der Waals surface area contributed by atoms with E-state index in [9.17, 15) is 0 Å². The van der Waals surface area contributed by atoms with Crippen molar-refractivity contribution in [1.29, 1.82) is 0 Å². The monoisotopic (exact) mass is 311 g/mol. The zero-order valence-electron chi connectivity index (χ0n) is 12.7. The van der Waals surface area contributed by atoms with Gasteiger partial charge >= 0.3 is 0 Å². The van der Waals surface area contributed by atoms with Crippen LogP contribution in [0.3, 0.4) is 0 Å². The van der Waals surface area contributed by atoms with Gasteiger partial charge < -0.3 is 4.90 Å². The molecule has 5 nitrogen and oxygen atoms in total. The molecular formula is C16H17N5S. The van der Waals surface area contributed by atoms with Crippen LogP contribution in [0.15, 0.2) is 24.3 Å². The standard InChI is InChI=1S/C16H17N5S/c1-10-11(2)19-20-16(17-10)21(12-7-8-12)9-15-18-13-5-3-4-6-14(13)22-15/h3-6,12H,7-9H2,1-2H3. The average molecular weight is 311 g/mol. The van der Waals surface area contributed by atoms with Crippen molar-refractivity contribution < 1.29 is 0 Å². The van der Waals surface area contributed by atoms with Gasteiger partial charge in [-0.3, -0.25) is 0 Å². The maximum atomic E-state index is 4.73. The number of aromatic nitrogens is 4.